The molecule has 0 atom stereocenters. The summed E-state index contributed by atoms with van der Waals surface area (Å²) in [6.07, 6.45) is 0. The van der Waals surface area contributed by atoms with Crippen molar-refractivity contribution in [3.05, 3.63) is 48.2 Å². The molecular weight excluding hydrogens is 332 g/mol. The lowest BCUT2D eigenvalue weighted by Crippen LogP contribution is -2.51. The molecule has 7 nitrogen and oxygen atoms in total. The minimum absolute atomic E-state index is 0.385. The minimum atomic E-state index is -0.658. The van der Waals surface area contributed by atoms with E-state index in [4.69, 9.17) is 4.74 Å². The van der Waals surface area contributed by atoms with Crippen molar-refractivity contribution in [2.45, 2.75) is 6.92 Å². The van der Waals surface area contributed by atoms with Crippen LogP contribution in [0, 0.1) is 6.92 Å². The van der Waals surface area contributed by atoms with Gasteiger partial charge in [-0.2, -0.15) is 0 Å². The Labute approximate surface area is 152 Å². The van der Waals surface area contributed by atoms with Crippen LogP contribution in [-0.4, -0.2) is 55.0 Å². The summed E-state index contributed by atoms with van der Waals surface area (Å²) in [5.74, 6) is -0.00614. The van der Waals surface area contributed by atoms with Crippen LogP contribution < -0.4 is 15.0 Å². The summed E-state index contributed by atoms with van der Waals surface area (Å²) in [4.78, 5) is 32.5. The Kier molecular flexibility index (Phi) is 5.36. The molecule has 2 heterocycles. The minimum Gasteiger partial charge on any atom is -0.495 e. The predicted octanol–water partition coefficient (Wildman–Crippen LogP) is 1.69. The molecule has 0 bridgehead atoms. The van der Waals surface area contributed by atoms with Crippen LogP contribution in [0.4, 0.5) is 11.5 Å². The van der Waals surface area contributed by atoms with Gasteiger partial charge in [0.2, 0.25) is 0 Å². The van der Waals surface area contributed by atoms with Gasteiger partial charge in [-0.05, 0) is 31.2 Å². The molecule has 3 rings (SSSR count). The van der Waals surface area contributed by atoms with E-state index in [0.717, 1.165) is 17.1 Å². The molecule has 1 N–H and O–H groups in total. The zero-order chi connectivity index (χ0) is 18.5. The van der Waals surface area contributed by atoms with Gasteiger partial charge < -0.3 is 19.9 Å². The fourth-order valence-electron chi connectivity index (χ4n) is 2.97. The molecule has 1 fully saturated rings. The number of amides is 2. The number of carbonyl (C=O) groups is 2. The molecule has 26 heavy (non-hydrogen) atoms. The Morgan fingerprint density at radius 3 is 2.46 bits per heavy atom. The van der Waals surface area contributed by atoms with Crippen LogP contribution in [0.5, 0.6) is 5.75 Å². The number of benzene rings is 1. The van der Waals surface area contributed by atoms with Crippen molar-refractivity contribution in [1.29, 1.82) is 0 Å². The van der Waals surface area contributed by atoms with Crippen molar-refractivity contribution in [3.63, 3.8) is 0 Å². The average molecular weight is 354 g/mol. The van der Waals surface area contributed by atoms with Crippen LogP contribution in [0.1, 0.15) is 5.69 Å². The highest BCUT2D eigenvalue weighted by Gasteiger charge is 2.27. The first kappa shape index (κ1) is 17.7. The number of hydrogen-bond acceptors (Lipinski definition) is 5. The number of aryl methyl sites for hydroxylation is 1. The number of aromatic nitrogens is 1. The van der Waals surface area contributed by atoms with E-state index in [0.29, 0.717) is 32.0 Å². The van der Waals surface area contributed by atoms with Crippen LogP contribution in [-0.2, 0) is 9.59 Å². The van der Waals surface area contributed by atoms with E-state index in [1.165, 1.54) is 0 Å². The molecule has 0 aliphatic carbocycles. The van der Waals surface area contributed by atoms with E-state index in [1.807, 2.05) is 37.3 Å². The first-order chi connectivity index (χ1) is 12.6. The van der Waals surface area contributed by atoms with Crippen molar-refractivity contribution in [2.75, 3.05) is 43.5 Å². The highest BCUT2D eigenvalue weighted by molar-refractivity contribution is 6.39. The first-order valence-electron chi connectivity index (χ1n) is 8.50. The molecule has 1 aromatic heterocycles. The number of nitrogens with one attached hydrogen (secondary N) is 1. The van der Waals surface area contributed by atoms with Gasteiger partial charge in [-0.1, -0.05) is 18.2 Å². The predicted molar refractivity (Wildman–Crippen MR) is 99.4 cm³/mol. The Morgan fingerprint density at radius 1 is 1.04 bits per heavy atom. The second-order valence-electron chi connectivity index (χ2n) is 6.07. The van der Waals surface area contributed by atoms with Gasteiger partial charge in [0, 0.05) is 31.9 Å². The molecule has 0 saturated carbocycles. The highest BCUT2D eigenvalue weighted by atomic mass is 16.5. The molecule has 7 heteroatoms. The van der Waals surface area contributed by atoms with E-state index in [1.54, 1.807) is 24.1 Å². The van der Waals surface area contributed by atoms with E-state index in [2.05, 4.69) is 15.2 Å². The fourth-order valence-corrected chi connectivity index (χ4v) is 2.97. The summed E-state index contributed by atoms with van der Waals surface area (Å²) < 4.78 is 5.39. The van der Waals surface area contributed by atoms with Gasteiger partial charge in [-0.3, -0.25) is 9.59 Å². The number of piperazine rings is 1. The van der Waals surface area contributed by atoms with Crippen LogP contribution >= 0.6 is 0 Å². The van der Waals surface area contributed by atoms with Crippen molar-refractivity contribution in [3.8, 4) is 5.75 Å². The molecule has 1 aromatic carbocycles. The quantitative estimate of drug-likeness (QED) is 0.849. The normalized spacial score (nSPS) is 14.1. The topological polar surface area (TPSA) is 74.8 Å². The Balaban J connectivity index is 1.59. The second-order valence-corrected chi connectivity index (χ2v) is 6.07. The van der Waals surface area contributed by atoms with Crippen molar-refractivity contribution >= 4 is 23.3 Å². The molecule has 1 saturated heterocycles. The zero-order valence-electron chi connectivity index (χ0n) is 14.9. The van der Waals surface area contributed by atoms with Crippen LogP contribution in [0.3, 0.4) is 0 Å². The maximum Gasteiger partial charge on any atom is 0.315 e. The van der Waals surface area contributed by atoms with Crippen molar-refractivity contribution in [1.82, 2.24) is 9.88 Å². The smallest absolute Gasteiger partial charge is 0.315 e. The lowest BCUT2D eigenvalue weighted by Gasteiger charge is -2.36. The highest BCUT2D eigenvalue weighted by Crippen LogP contribution is 2.28. The van der Waals surface area contributed by atoms with E-state index >= 15 is 0 Å². The molecule has 0 unspecified atom stereocenters. The molecule has 0 radical (unpaired) electrons. The molecular formula is C19H22N4O3. The first-order valence-corrected chi connectivity index (χ1v) is 8.50. The van der Waals surface area contributed by atoms with Crippen molar-refractivity contribution < 1.29 is 14.3 Å². The standard InChI is InChI=1S/C19H22N4O3/c1-14-6-5-9-17(20-14)21-18(24)19(25)23-12-10-22(11-13-23)15-7-3-4-8-16(15)26-2/h3-9H,10-13H2,1-2H3,(H,20,21,24). The van der Waals surface area contributed by atoms with E-state index < -0.39 is 11.8 Å². The second kappa shape index (κ2) is 7.86. The van der Waals surface area contributed by atoms with E-state index in [9.17, 15) is 9.59 Å². The molecule has 136 valence electrons. The van der Waals surface area contributed by atoms with Crippen LogP contribution in [0.15, 0.2) is 42.5 Å². The molecule has 2 aromatic rings. The Morgan fingerprint density at radius 2 is 1.77 bits per heavy atom. The summed E-state index contributed by atoms with van der Waals surface area (Å²) in [5.41, 5.74) is 1.77. The molecule has 0 spiro atoms. The van der Waals surface area contributed by atoms with Gasteiger partial charge in [-0.15, -0.1) is 0 Å². The van der Waals surface area contributed by atoms with Gasteiger partial charge in [0.25, 0.3) is 0 Å². The molecule has 2 amide bonds. The Bertz CT molecular complexity index is 801. The number of carbonyl (C=O) groups excluding carboxylic acids is 2. The van der Waals surface area contributed by atoms with Crippen LogP contribution in [0.25, 0.3) is 0 Å². The number of nitrogens with zero attached hydrogens (tertiary/aromatic N) is 3. The largest absolute Gasteiger partial charge is 0.495 e. The number of pyridine rings is 1. The number of ether oxygens (including phenoxy) is 1. The Hall–Kier alpha value is -3.09. The van der Waals surface area contributed by atoms with Gasteiger partial charge in [-0.25, -0.2) is 4.98 Å². The maximum atomic E-state index is 12.4. The monoisotopic (exact) mass is 354 g/mol. The summed E-state index contributed by atoms with van der Waals surface area (Å²) in [6.45, 7) is 4.07. The van der Waals surface area contributed by atoms with E-state index in [-0.39, 0.29) is 0 Å². The third-order valence-corrected chi connectivity index (χ3v) is 4.32. The van der Waals surface area contributed by atoms with Gasteiger partial charge >= 0.3 is 11.8 Å². The van der Waals surface area contributed by atoms with Gasteiger partial charge in [0.1, 0.15) is 11.6 Å². The summed E-state index contributed by atoms with van der Waals surface area (Å²) >= 11 is 0. The zero-order valence-corrected chi connectivity index (χ0v) is 14.9. The number of para-hydroxylation sites is 2. The number of methoxy groups -OCH3 is 1. The lowest BCUT2D eigenvalue weighted by atomic mass is 10.2. The summed E-state index contributed by atoms with van der Waals surface area (Å²) in [7, 11) is 1.64. The molecule has 1 aliphatic rings. The number of rotatable bonds is 3. The fraction of sp³-hybridized carbons (Fsp3) is 0.316. The average Bonchev–Trinajstić information content (AvgIpc) is 2.67. The van der Waals surface area contributed by atoms with Gasteiger partial charge in [0.15, 0.2) is 0 Å². The van der Waals surface area contributed by atoms with Crippen molar-refractivity contribution in [2.24, 2.45) is 0 Å². The van der Waals surface area contributed by atoms with Gasteiger partial charge in [0.05, 0.1) is 12.8 Å². The summed E-state index contributed by atoms with van der Waals surface area (Å²) in [6, 6.07) is 13.1. The number of hydrogen-bond donors (Lipinski definition) is 1. The third-order valence-electron chi connectivity index (χ3n) is 4.32. The van der Waals surface area contributed by atoms with Crippen LogP contribution in [0.2, 0.25) is 0 Å². The lowest BCUT2D eigenvalue weighted by molar-refractivity contribution is -0.143. The molecule has 1 aliphatic heterocycles. The number of anilines is 2. The summed E-state index contributed by atoms with van der Waals surface area (Å²) in [5, 5.41) is 2.57. The SMILES string of the molecule is COc1ccccc1N1CCN(C(=O)C(=O)Nc2cccc(C)n2)CC1. The maximum absolute atomic E-state index is 12.4. The third kappa shape index (κ3) is 3.93.